The van der Waals surface area contributed by atoms with Gasteiger partial charge in [-0.3, -0.25) is 0 Å². The van der Waals surface area contributed by atoms with Crippen molar-refractivity contribution in [2.45, 2.75) is 13.8 Å². The fourth-order valence-corrected chi connectivity index (χ4v) is 3.49. The second-order valence-electron chi connectivity index (χ2n) is 9.00. The van der Waals surface area contributed by atoms with Crippen LogP contribution in [0.25, 0.3) is 0 Å². The summed E-state index contributed by atoms with van der Waals surface area (Å²) < 4.78 is 19.9. The van der Waals surface area contributed by atoms with Gasteiger partial charge in [-0.15, -0.1) is 59.7 Å². The van der Waals surface area contributed by atoms with E-state index < -0.39 is 0 Å². The first kappa shape index (κ1) is 36.0. The largest absolute Gasteiger partial charge is 0.872 e. The van der Waals surface area contributed by atoms with Gasteiger partial charge in [0, 0.05) is 33.3 Å². The fraction of sp³-hybridized carbons (Fsp3) is 0.118. The molecule has 2 aliphatic rings. The van der Waals surface area contributed by atoms with E-state index in [9.17, 15) is 29.4 Å². The first-order chi connectivity index (χ1) is 21.1. The zero-order chi connectivity index (χ0) is 31.9. The smallest absolute Gasteiger partial charge is 0.231 e. The summed E-state index contributed by atoms with van der Waals surface area (Å²) in [6, 6.07) is 26.4. The summed E-state index contributed by atoms with van der Waals surface area (Å²) in [5, 5.41) is 21.4. The Kier molecular flexibility index (Phi) is 14.8. The molecule has 0 fully saturated rings. The van der Waals surface area contributed by atoms with E-state index in [-0.39, 0.29) is 69.9 Å². The quantitative estimate of drug-likeness (QED) is 0.129. The van der Waals surface area contributed by atoms with Crippen molar-refractivity contribution in [3.8, 4) is 34.5 Å². The number of fused-ring (bicyclic) bond motifs is 2. The Labute approximate surface area is 275 Å². The number of hydrogen-bond donors (Lipinski definition) is 0. The van der Waals surface area contributed by atoms with Gasteiger partial charge in [0.05, 0.1) is 11.6 Å². The third kappa shape index (κ3) is 12.5. The topological polar surface area (TPSA) is 151 Å². The van der Waals surface area contributed by atoms with Crippen molar-refractivity contribution in [3.05, 3.63) is 121 Å². The minimum atomic E-state index is -0.233. The van der Waals surface area contributed by atoms with Gasteiger partial charge >= 0.3 is 0 Å². The summed E-state index contributed by atoms with van der Waals surface area (Å²) in [7, 11) is 0. The normalized spacial score (nSPS) is 10.9. The van der Waals surface area contributed by atoms with E-state index in [0.29, 0.717) is 34.1 Å². The van der Waals surface area contributed by atoms with Crippen LogP contribution in [0.1, 0.15) is 34.6 Å². The average Bonchev–Trinajstić information content (AvgIpc) is 3.67. The maximum absolute atomic E-state index is 11.2. The molecule has 11 heteroatoms. The Balaban J connectivity index is 0.000000208. The number of benzene rings is 4. The minimum Gasteiger partial charge on any atom is -0.872 e. The summed E-state index contributed by atoms with van der Waals surface area (Å²) in [5.41, 5.74) is 1.10. The zero-order valence-electron chi connectivity index (χ0n) is 24.4. The second-order valence-corrected chi connectivity index (χ2v) is 9.00. The van der Waals surface area contributed by atoms with Crippen molar-refractivity contribution in [1.29, 1.82) is 0 Å². The molecular formula is C34H28O10Ti-4. The molecule has 2 aliphatic heterocycles. The molecule has 2 heterocycles. The molecule has 0 atom stereocenters. The third-order valence-electron chi connectivity index (χ3n) is 5.47. The van der Waals surface area contributed by atoms with Gasteiger partial charge in [-0.1, -0.05) is 48.5 Å². The van der Waals surface area contributed by atoms with Crippen LogP contribution in [0.2, 0.25) is 0 Å². The van der Waals surface area contributed by atoms with Crippen LogP contribution in [0.4, 0.5) is 0 Å². The third-order valence-corrected chi connectivity index (χ3v) is 5.47. The standard InChI is InChI=1S/2C10H9O2.2C7H6O3.Ti/c2*1-8(11)7-10(12)9-5-3-2-4-6-9;2*8-5-1-2-6-7(3-5)10-4-9-6;/h2*2-7H,1H3;2*1-3,8H,4H2;/q2*-1;;;/p-2. The Morgan fingerprint density at radius 1 is 0.533 bits per heavy atom. The van der Waals surface area contributed by atoms with Crippen LogP contribution in [-0.2, 0) is 31.3 Å². The van der Waals surface area contributed by atoms with Gasteiger partial charge in [-0.25, -0.2) is 0 Å². The number of ketones is 4. The van der Waals surface area contributed by atoms with Crippen molar-refractivity contribution in [1.82, 2.24) is 0 Å². The molecular weight excluding hydrogens is 616 g/mol. The number of carbonyl (C=O) groups excluding carboxylic acids is 4. The van der Waals surface area contributed by atoms with Crippen molar-refractivity contribution in [3.63, 3.8) is 0 Å². The molecule has 232 valence electrons. The van der Waals surface area contributed by atoms with E-state index >= 15 is 0 Å². The Hall–Kier alpha value is -5.19. The fourth-order valence-electron chi connectivity index (χ4n) is 3.49. The van der Waals surface area contributed by atoms with E-state index in [2.05, 4.69) is 0 Å². The molecule has 0 radical (unpaired) electrons. The number of Topliss-reactive ketones (excluding diaryl/α,β-unsaturated/α-hetero) is 4. The first-order valence-electron chi connectivity index (χ1n) is 13.1. The zero-order valence-corrected chi connectivity index (χ0v) is 26.0. The van der Waals surface area contributed by atoms with E-state index in [1.54, 1.807) is 60.7 Å². The van der Waals surface area contributed by atoms with E-state index in [0.717, 1.165) is 12.8 Å². The van der Waals surface area contributed by atoms with Crippen LogP contribution in [0.5, 0.6) is 34.5 Å². The van der Waals surface area contributed by atoms with Crippen molar-refractivity contribution in [2.75, 3.05) is 13.6 Å². The van der Waals surface area contributed by atoms with Gasteiger partial charge in [0.15, 0.2) is 23.0 Å². The maximum Gasteiger partial charge on any atom is 0.231 e. The Morgan fingerprint density at radius 3 is 1.20 bits per heavy atom. The van der Waals surface area contributed by atoms with Crippen LogP contribution < -0.4 is 29.2 Å². The van der Waals surface area contributed by atoms with E-state index in [1.807, 2.05) is 12.1 Å². The summed E-state index contributed by atoms with van der Waals surface area (Å²) in [6.45, 7) is 3.17. The van der Waals surface area contributed by atoms with E-state index in [1.165, 1.54) is 38.1 Å². The van der Waals surface area contributed by atoms with Crippen LogP contribution in [0.15, 0.2) is 97.1 Å². The summed E-state index contributed by atoms with van der Waals surface area (Å²) in [6.07, 6.45) is 2.19. The monoisotopic (exact) mass is 644 g/mol. The predicted molar refractivity (Wildman–Crippen MR) is 156 cm³/mol. The van der Waals surface area contributed by atoms with Gasteiger partial charge in [-0.2, -0.15) is 0 Å². The predicted octanol–water partition coefficient (Wildman–Crippen LogP) is 4.30. The number of carbonyl (C=O) groups is 4. The summed E-state index contributed by atoms with van der Waals surface area (Å²) >= 11 is 0. The molecule has 4 aromatic rings. The minimum absolute atomic E-state index is 0. The SMILES string of the molecule is CC(=O)[CH-]C(=O)c1ccccc1.CC(=O)[CH-]C(=O)c1ccccc1.[O-]c1ccc2c(c1)OCO2.[O-]c1ccc2c(c1)OCO2.[Ti]. The molecule has 0 aliphatic carbocycles. The van der Waals surface area contributed by atoms with Gasteiger partial charge in [0.25, 0.3) is 0 Å². The van der Waals surface area contributed by atoms with Gasteiger partial charge in [-0.05, 0) is 38.1 Å². The molecule has 45 heavy (non-hydrogen) atoms. The number of ether oxygens (including phenoxy) is 4. The Morgan fingerprint density at radius 2 is 0.867 bits per heavy atom. The molecule has 10 nitrogen and oxygen atoms in total. The molecule has 0 unspecified atom stereocenters. The number of hydrogen-bond acceptors (Lipinski definition) is 10. The van der Waals surface area contributed by atoms with Gasteiger partial charge in [0.1, 0.15) is 0 Å². The molecule has 4 aromatic carbocycles. The van der Waals surface area contributed by atoms with Crippen LogP contribution in [-0.4, -0.2) is 36.7 Å². The molecule has 0 aromatic heterocycles. The number of rotatable bonds is 6. The van der Waals surface area contributed by atoms with Crippen molar-refractivity contribution in [2.24, 2.45) is 0 Å². The summed E-state index contributed by atoms with van der Waals surface area (Å²) in [5.74, 6) is 1.40. The first-order valence-corrected chi connectivity index (χ1v) is 13.1. The second kappa shape index (κ2) is 18.5. The van der Waals surface area contributed by atoms with Gasteiger partial charge < -0.3 is 48.3 Å². The summed E-state index contributed by atoms with van der Waals surface area (Å²) in [4.78, 5) is 43.5. The molecule has 0 saturated carbocycles. The van der Waals surface area contributed by atoms with Crippen molar-refractivity contribution < 1.29 is 70.1 Å². The van der Waals surface area contributed by atoms with Gasteiger partial charge in [0.2, 0.25) is 13.6 Å². The molecule has 0 bridgehead atoms. The molecule has 0 spiro atoms. The molecule has 6 rings (SSSR count). The maximum atomic E-state index is 11.2. The average molecular weight is 644 g/mol. The molecule has 0 amide bonds. The Bertz CT molecular complexity index is 1450. The van der Waals surface area contributed by atoms with E-state index in [4.69, 9.17) is 18.9 Å². The van der Waals surface area contributed by atoms with Crippen LogP contribution in [0, 0.1) is 12.8 Å². The van der Waals surface area contributed by atoms with Crippen molar-refractivity contribution >= 4 is 23.1 Å². The van der Waals surface area contributed by atoms with Crippen LogP contribution >= 0.6 is 0 Å². The molecule has 0 N–H and O–H groups in total. The van der Waals surface area contributed by atoms with Crippen LogP contribution in [0.3, 0.4) is 0 Å². The molecule has 0 saturated heterocycles.